The topological polar surface area (TPSA) is 75.4 Å². The number of carbonyl (C=O) groups is 2. The molecule has 6 nitrogen and oxygen atoms in total. The number of carboxylic acid groups (broad SMARTS) is 1. The van der Waals surface area contributed by atoms with E-state index in [-0.39, 0.29) is 18.2 Å². The molecule has 0 atom stereocenters. The van der Waals surface area contributed by atoms with E-state index in [1.165, 1.54) is 0 Å². The van der Waals surface area contributed by atoms with Gasteiger partial charge in [-0.2, -0.15) is 5.10 Å². The molecule has 0 radical (unpaired) electrons. The van der Waals surface area contributed by atoms with E-state index in [2.05, 4.69) is 5.10 Å². The highest BCUT2D eigenvalue weighted by molar-refractivity contribution is 6.30. The summed E-state index contributed by atoms with van der Waals surface area (Å²) in [5.41, 5.74) is 2.28. The maximum Gasteiger partial charge on any atom is 0.303 e. The van der Waals surface area contributed by atoms with Crippen molar-refractivity contribution in [1.29, 1.82) is 0 Å². The van der Waals surface area contributed by atoms with Gasteiger partial charge in [-0.05, 0) is 43.4 Å². The number of hydrogen-bond acceptors (Lipinski definition) is 3. The molecule has 0 aliphatic carbocycles. The van der Waals surface area contributed by atoms with Gasteiger partial charge in [-0.1, -0.05) is 24.6 Å². The highest BCUT2D eigenvalue weighted by Crippen LogP contribution is 2.24. The first kappa shape index (κ1) is 18.5. The molecule has 0 unspecified atom stereocenters. The van der Waals surface area contributed by atoms with Gasteiger partial charge < -0.3 is 10.0 Å². The molecule has 1 aromatic heterocycles. The zero-order valence-corrected chi connectivity index (χ0v) is 15.4. The number of likely N-dealkylation sites (tertiary alicyclic amines) is 1. The highest BCUT2D eigenvalue weighted by Gasteiger charge is 2.27. The summed E-state index contributed by atoms with van der Waals surface area (Å²) in [6, 6.07) is 7.38. The van der Waals surface area contributed by atoms with Crippen molar-refractivity contribution in [2.45, 2.75) is 32.6 Å². The quantitative estimate of drug-likeness (QED) is 0.868. The van der Waals surface area contributed by atoms with Crippen molar-refractivity contribution in [1.82, 2.24) is 14.7 Å². The van der Waals surface area contributed by atoms with E-state index >= 15 is 0 Å². The van der Waals surface area contributed by atoms with E-state index < -0.39 is 5.97 Å². The first-order valence-corrected chi connectivity index (χ1v) is 9.21. The third-order valence-electron chi connectivity index (χ3n) is 4.85. The fourth-order valence-electron chi connectivity index (χ4n) is 3.48. The lowest BCUT2D eigenvalue weighted by Gasteiger charge is -2.31. The second-order valence-electron chi connectivity index (χ2n) is 6.58. The third kappa shape index (κ3) is 3.90. The van der Waals surface area contributed by atoms with Crippen molar-refractivity contribution >= 4 is 23.5 Å². The highest BCUT2D eigenvalue weighted by atomic mass is 35.5. The van der Waals surface area contributed by atoms with Crippen molar-refractivity contribution in [2.24, 2.45) is 5.92 Å². The van der Waals surface area contributed by atoms with E-state index in [4.69, 9.17) is 16.7 Å². The van der Waals surface area contributed by atoms with E-state index in [1.807, 2.05) is 25.1 Å². The molecular formula is C19H22ClN3O3. The lowest BCUT2D eigenvalue weighted by atomic mass is 9.93. The Labute approximate surface area is 157 Å². The summed E-state index contributed by atoms with van der Waals surface area (Å²) in [6.45, 7) is 3.17. The van der Waals surface area contributed by atoms with Crippen molar-refractivity contribution in [3.63, 3.8) is 0 Å². The van der Waals surface area contributed by atoms with Gasteiger partial charge >= 0.3 is 5.97 Å². The van der Waals surface area contributed by atoms with E-state index in [9.17, 15) is 9.59 Å². The standard InChI is InChI=1S/C19H22ClN3O3/c1-2-17-16(12-21-23(17)15-5-3-4-14(20)11-15)19(26)22-8-6-13(7-9-22)10-18(24)25/h3-5,11-13H,2,6-10H2,1H3,(H,24,25). The zero-order valence-electron chi connectivity index (χ0n) is 14.7. The van der Waals surface area contributed by atoms with E-state index in [0.717, 1.165) is 24.2 Å². The molecule has 1 aromatic carbocycles. The first-order chi connectivity index (χ1) is 12.5. The molecule has 0 bridgehead atoms. The normalized spacial score (nSPS) is 15.2. The third-order valence-corrected chi connectivity index (χ3v) is 5.09. The molecule has 138 valence electrons. The van der Waals surface area contributed by atoms with Gasteiger partial charge in [0.25, 0.3) is 5.91 Å². The second kappa shape index (κ2) is 7.91. The molecule has 1 fully saturated rings. The minimum Gasteiger partial charge on any atom is -0.481 e. The number of carbonyl (C=O) groups excluding carboxylic acids is 1. The average Bonchev–Trinajstić information content (AvgIpc) is 3.05. The number of carboxylic acids is 1. The number of aliphatic carboxylic acids is 1. The van der Waals surface area contributed by atoms with Gasteiger partial charge in [0.2, 0.25) is 0 Å². The number of rotatable bonds is 5. The molecular weight excluding hydrogens is 354 g/mol. The molecule has 0 saturated carbocycles. The second-order valence-corrected chi connectivity index (χ2v) is 7.02. The van der Waals surface area contributed by atoms with Crippen LogP contribution in [0.4, 0.5) is 0 Å². The number of amides is 1. The number of halogens is 1. The van der Waals surface area contributed by atoms with Gasteiger partial charge in [0, 0.05) is 24.5 Å². The Bertz CT molecular complexity index is 810. The van der Waals surface area contributed by atoms with Crippen LogP contribution in [-0.2, 0) is 11.2 Å². The fourth-order valence-corrected chi connectivity index (χ4v) is 3.67. The Balaban J connectivity index is 1.77. The molecule has 26 heavy (non-hydrogen) atoms. The summed E-state index contributed by atoms with van der Waals surface area (Å²) >= 11 is 6.07. The zero-order chi connectivity index (χ0) is 18.7. The number of piperidine rings is 1. The largest absolute Gasteiger partial charge is 0.481 e. The molecule has 1 saturated heterocycles. The average molecular weight is 376 g/mol. The fraction of sp³-hybridized carbons (Fsp3) is 0.421. The van der Waals surface area contributed by atoms with Gasteiger partial charge in [-0.3, -0.25) is 9.59 Å². The van der Waals surface area contributed by atoms with Crippen LogP contribution in [0.15, 0.2) is 30.5 Å². The maximum absolute atomic E-state index is 13.0. The smallest absolute Gasteiger partial charge is 0.303 e. The van der Waals surface area contributed by atoms with Crippen molar-refractivity contribution < 1.29 is 14.7 Å². The molecule has 0 spiro atoms. The molecule has 1 aliphatic heterocycles. The monoisotopic (exact) mass is 375 g/mol. The summed E-state index contributed by atoms with van der Waals surface area (Å²) in [5.74, 6) is -0.661. The molecule has 3 rings (SSSR count). The van der Waals surface area contributed by atoms with Gasteiger partial charge in [0.1, 0.15) is 0 Å². The predicted molar refractivity (Wildman–Crippen MR) is 98.8 cm³/mol. The first-order valence-electron chi connectivity index (χ1n) is 8.83. The number of aromatic nitrogens is 2. The van der Waals surface area contributed by atoms with Crippen molar-refractivity contribution in [2.75, 3.05) is 13.1 Å². The summed E-state index contributed by atoms with van der Waals surface area (Å²) in [5, 5.41) is 13.9. The van der Waals surface area contributed by atoms with Crippen molar-refractivity contribution in [3.05, 3.63) is 46.7 Å². The Morgan fingerprint density at radius 1 is 1.31 bits per heavy atom. The molecule has 1 N–H and O–H groups in total. The Morgan fingerprint density at radius 2 is 2.04 bits per heavy atom. The van der Waals surface area contributed by atoms with Gasteiger partial charge in [0.15, 0.2) is 0 Å². The number of nitrogens with zero attached hydrogens (tertiary/aromatic N) is 3. The Kier molecular flexibility index (Phi) is 5.61. The Morgan fingerprint density at radius 3 is 2.65 bits per heavy atom. The van der Waals surface area contributed by atoms with Crippen LogP contribution in [0.25, 0.3) is 5.69 Å². The summed E-state index contributed by atoms with van der Waals surface area (Å²) in [6.07, 6.45) is 3.91. The van der Waals surface area contributed by atoms with Gasteiger partial charge in [-0.15, -0.1) is 0 Å². The summed E-state index contributed by atoms with van der Waals surface area (Å²) in [7, 11) is 0. The molecule has 1 amide bonds. The molecule has 7 heteroatoms. The Hall–Kier alpha value is -2.34. The van der Waals surface area contributed by atoms with Gasteiger partial charge in [0.05, 0.1) is 23.1 Å². The van der Waals surface area contributed by atoms with E-state index in [0.29, 0.717) is 30.1 Å². The number of hydrogen-bond donors (Lipinski definition) is 1. The molecule has 2 aromatic rings. The minimum absolute atomic E-state index is 0.0381. The molecule has 2 heterocycles. The van der Waals surface area contributed by atoms with Crippen LogP contribution in [0.5, 0.6) is 0 Å². The van der Waals surface area contributed by atoms with E-state index in [1.54, 1.807) is 21.8 Å². The van der Waals surface area contributed by atoms with Gasteiger partial charge in [-0.25, -0.2) is 4.68 Å². The van der Waals surface area contributed by atoms with Crippen LogP contribution >= 0.6 is 11.6 Å². The minimum atomic E-state index is -0.772. The lowest BCUT2D eigenvalue weighted by Crippen LogP contribution is -2.39. The van der Waals surface area contributed by atoms with Crippen molar-refractivity contribution in [3.8, 4) is 5.69 Å². The summed E-state index contributed by atoms with van der Waals surface area (Å²) in [4.78, 5) is 25.6. The predicted octanol–water partition coefficient (Wildman–Crippen LogP) is 3.42. The summed E-state index contributed by atoms with van der Waals surface area (Å²) < 4.78 is 1.76. The van der Waals surface area contributed by atoms with Crippen LogP contribution in [0.2, 0.25) is 5.02 Å². The maximum atomic E-state index is 13.0. The van der Waals surface area contributed by atoms with Crippen LogP contribution in [0, 0.1) is 5.92 Å². The van der Waals surface area contributed by atoms with Crippen LogP contribution in [0.3, 0.4) is 0 Å². The van der Waals surface area contributed by atoms with Crippen LogP contribution < -0.4 is 0 Å². The molecule has 1 aliphatic rings. The number of benzene rings is 1. The lowest BCUT2D eigenvalue weighted by molar-refractivity contribution is -0.138. The van der Waals surface area contributed by atoms with Crippen LogP contribution in [0.1, 0.15) is 42.2 Å². The SMILES string of the molecule is CCc1c(C(=O)N2CCC(CC(=O)O)CC2)cnn1-c1cccc(Cl)c1. The van der Waals surface area contributed by atoms with Crippen LogP contribution in [-0.4, -0.2) is 44.8 Å².